The SMILES string of the molecule is Cc1nnc(-c2cnc3cnc(CC(=O)c4ccc(N5CCN(C)CC5)nc4)cc3c2)s1. The summed E-state index contributed by atoms with van der Waals surface area (Å²) in [5.41, 5.74) is 3.00. The van der Waals surface area contributed by atoms with Gasteiger partial charge in [0.2, 0.25) is 0 Å². The lowest BCUT2D eigenvalue weighted by Gasteiger charge is -2.33. The number of piperazine rings is 1. The van der Waals surface area contributed by atoms with Gasteiger partial charge < -0.3 is 9.80 Å². The predicted octanol–water partition coefficient (Wildman–Crippen LogP) is 3.03. The van der Waals surface area contributed by atoms with E-state index in [-0.39, 0.29) is 12.2 Å². The topological polar surface area (TPSA) is 88.0 Å². The molecule has 0 aliphatic carbocycles. The fraction of sp³-hybridized carbons (Fsp3) is 0.304. The fourth-order valence-electron chi connectivity index (χ4n) is 3.74. The summed E-state index contributed by atoms with van der Waals surface area (Å²) in [6.07, 6.45) is 5.38. The molecular weight excluding hydrogens is 422 g/mol. The zero-order chi connectivity index (χ0) is 22.1. The average molecular weight is 446 g/mol. The number of rotatable bonds is 5. The van der Waals surface area contributed by atoms with Crippen LogP contribution in [-0.2, 0) is 6.42 Å². The standard InChI is InChI=1S/C23H23N7OS/c1-15-27-28-23(32-15)18-9-17-10-19(24-14-20(17)25-13-18)11-21(31)16-3-4-22(26-12-16)30-7-5-29(2)6-8-30/h3-4,9-10,12-14H,5-8,11H2,1-2H3. The summed E-state index contributed by atoms with van der Waals surface area (Å²) in [5.74, 6) is 0.919. The van der Waals surface area contributed by atoms with Crippen molar-refractivity contribution in [2.24, 2.45) is 0 Å². The number of anilines is 1. The highest BCUT2D eigenvalue weighted by atomic mass is 32.1. The Hall–Kier alpha value is -3.30. The lowest BCUT2D eigenvalue weighted by atomic mass is 10.1. The molecule has 5 rings (SSSR count). The van der Waals surface area contributed by atoms with E-state index in [1.165, 1.54) is 11.3 Å². The van der Waals surface area contributed by atoms with Gasteiger partial charge in [0.05, 0.1) is 18.1 Å². The van der Waals surface area contributed by atoms with E-state index in [0.29, 0.717) is 11.3 Å². The van der Waals surface area contributed by atoms with E-state index in [0.717, 1.165) is 58.5 Å². The summed E-state index contributed by atoms with van der Waals surface area (Å²) in [6.45, 7) is 5.86. The molecule has 1 aliphatic rings. The van der Waals surface area contributed by atoms with Crippen molar-refractivity contribution in [3.8, 4) is 10.6 Å². The quantitative estimate of drug-likeness (QED) is 0.433. The van der Waals surface area contributed by atoms with Crippen molar-refractivity contribution in [2.45, 2.75) is 13.3 Å². The summed E-state index contributed by atoms with van der Waals surface area (Å²) in [4.78, 5) is 30.8. The number of nitrogens with zero attached hydrogens (tertiary/aromatic N) is 7. The van der Waals surface area contributed by atoms with Crippen LogP contribution < -0.4 is 4.90 Å². The molecule has 0 radical (unpaired) electrons. The Bertz CT molecular complexity index is 1260. The average Bonchev–Trinajstić information content (AvgIpc) is 3.25. The molecule has 32 heavy (non-hydrogen) atoms. The molecule has 5 heterocycles. The van der Waals surface area contributed by atoms with Gasteiger partial charge in [-0.1, -0.05) is 11.3 Å². The maximum absolute atomic E-state index is 12.8. The van der Waals surface area contributed by atoms with Gasteiger partial charge in [0.1, 0.15) is 15.8 Å². The lowest BCUT2D eigenvalue weighted by molar-refractivity contribution is 0.0991. The number of likely N-dealkylation sites (N-methyl/N-ethyl adjacent to an activating group) is 1. The van der Waals surface area contributed by atoms with E-state index in [9.17, 15) is 4.79 Å². The first-order valence-corrected chi connectivity index (χ1v) is 11.3. The van der Waals surface area contributed by atoms with E-state index < -0.39 is 0 Å². The molecule has 4 aromatic rings. The van der Waals surface area contributed by atoms with Crippen LogP contribution in [-0.4, -0.2) is 69.1 Å². The Kier molecular flexibility index (Phi) is 5.59. The molecular formula is C23H23N7OS. The third-order valence-electron chi connectivity index (χ3n) is 5.64. The van der Waals surface area contributed by atoms with Gasteiger partial charge in [0, 0.05) is 60.8 Å². The normalized spacial score (nSPS) is 14.8. The van der Waals surface area contributed by atoms with Crippen molar-refractivity contribution in [2.75, 3.05) is 38.1 Å². The Balaban J connectivity index is 1.31. The zero-order valence-electron chi connectivity index (χ0n) is 18.0. The molecule has 0 spiro atoms. The van der Waals surface area contributed by atoms with Crippen molar-refractivity contribution in [1.82, 2.24) is 30.0 Å². The summed E-state index contributed by atoms with van der Waals surface area (Å²) in [5, 5.41) is 10.9. The first-order valence-electron chi connectivity index (χ1n) is 10.5. The van der Waals surface area contributed by atoms with Gasteiger partial charge in [0.25, 0.3) is 0 Å². The Morgan fingerprint density at radius 2 is 1.84 bits per heavy atom. The maximum atomic E-state index is 12.8. The van der Waals surface area contributed by atoms with Crippen molar-refractivity contribution in [1.29, 1.82) is 0 Å². The minimum atomic E-state index is -0.00172. The third kappa shape index (κ3) is 4.35. The van der Waals surface area contributed by atoms with Crippen LogP contribution in [0.25, 0.3) is 21.5 Å². The van der Waals surface area contributed by atoms with E-state index >= 15 is 0 Å². The number of aryl methyl sites for hydroxylation is 1. The molecule has 1 aliphatic heterocycles. The minimum Gasteiger partial charge on any atom is -0.354 e. The first-order chi connectivity index (χ1) is 15.5. The van der Waals surface area contributed by atoms with Crippen LogP contribution in [0.5, 0.6) is 0 Å². The number of aromatic nitrogens is 5. The van der Waals surface area contributed by atoms with Crippen LogP contribution in [0.15, 0.2) is 42.9 Å². The van der Waals surface area contributed by atoms with Crippen LogP contribution in [0.1, 0.15) is 21.1 Å². The van der Waals surface area contributed by atoms with E-state index in [4.69, 9.17) is 0 Å². The molecule has 8 nitrogen and oxygen atoms in total. The summed E-state index contributed by atoms with van der Waals surface area (Å²) in [7, 11) is 2.13. The molecule has 1 fully saturated rings. The highest BCUT2D eigenvalue weighted by Gasteiger charge is 2.16. The molecule has 0 N–H and O–H groups in total. The van der Waals surface area contributed by atoms with Gasteiger partial charge in [-0.05, 0) is 38.2 Å². The van der Waals surface area contributed by atoms with E-state index in [2.05, 4.69) is 42.0 Å². The largest absolute Gasteiger partial charge is 0.354 e. The number of fused-ring (bicyclic) bond motifs is 1. The minimum absolute atomic E-state index is 0.00172. The van der Waals surface area contributed by atoms with Gasteiger partial charge in [-0.25, -0.2) is 4.98 Å². The van der Waals surface area contributed by atoms with Crippen LogP contribution in [0.2, 0.25) is 0 Å². The van der Waals surface area contributed by atoms with Crippen molar-refractivity contribution in [3.05, 3.63) is 59.1 Å². The number of carbonyl (C=O) groups is 1. The van der Waals surface area contributed by atoms with E-state index in [1.807, 2.05) is 31.2 Å². The monoisotopic (exact) mass is 445 g/mol. The van der Waals surface area contributed by atoms with Crippen molar-refractivity contribution >= 4 is 33.8 Å². The number of hydrogen-bond acceptors (Lipinski definition) is 9. The van der Waals surface area contributed by atoms with Gasteiger partial charge in [-0.2, -0.15) is 0 Å². The summed E-state index contributed by atoms with van der Waals surface area (Å²) in [6, 6.07) is 7.74. The second-order valence-corrected chi connectivity index (χ2v) is 9.20. The third-order valence-corrected chi connectivity index (χ3v) is 6.52. The number of carbonyl (C=O) groups excluding carboxylic acids is 1. The molecule has 162 valence electrons. The van der Waals surface area contributed by atoms with Gasteiger partial charge in [-0.15, -0.1) is 10.2 Å². The molecule has 4 aromatic heterocycles. The second kappa shape index (κ2) is 8.68. The Morgan fingerprint density at radius 1 is 1.00 bits per heavy atom. The van der Waals surface area contributed by atoms with E-state index in [1.54, 1.807) is 18.6 Å². The van der Waals surface area contributed by atoms with Crippen LogP contribution in [0.3, 0.4) is 0 Å². The molecule has 0 aromatic carbocycles. The number of Topliss-reactive ketones (excluding diaryl/α,β-unsaturated/α-hetero) is 1. The first kappa shape index (κ1) is 20.6. The number of hydrogen-bond donors (Lipinski definition) is 0. The second-order valence-electron chi connectivity index (χ2n) is 8.01. The number of pyridine rings is 3. The molecule has 9 heteroatoms. The van der Waals surface area contributed by atoms with Gasteiger partial charge in [-0.3, -0.25) is 14.8 Å². The van der Waals surface area contributed by atoms with Crippen LogP contribution in [0, 0.1) is 6.92 Å². The lowest BCUT2D eigenvalue weighted by Crippen LogP contribution is -2.44. The van der Waals surface area contributed by atoms with Crippen molar-refractivity contribution in [3.63, 3.8) is 0 Å². The Labute approximate surface area is 190 Å². The van der Waals surface area contributed by atoms with Gasteiger partial charge >= 0.3 is 0 Å². The number of ketones is 1. The molecule has 0 unspecified atom stereocenters. The highest BCUT2D eigenvalue weighted by molar-refractivity contribution is 7.14. The smallest absolute Gasteiger partial charge is 0.170 e. The van der Waals surface area contributed by atoms with Gasteiger partial charge in [0.15, 0.2) is 5.78 Å². The van der Waals surface area contributed by atoms with Crippen LogP contribution in [0.4, 0.5) is 5.82 Å². The predicted molar refractivity (Wildman–Crippen MR) is 125 cm³/mol. The summed E-state index contributed by atoms with van der Waals surface area (Å²) < 4.78 is 0. The molecule has 0 atom stereocenters. The Morgan fingerprint density at radius 3 is 2.56 bits per heavy atom. The highest BCUT2D eigenvalue weighted by Crippen LogP contribution is 2.25. The molecule has 0 bridgehead atoms. The fourth-order valence-corrected chi connectivity index (χ4v) is 4.42. The zero-order valence-corrected chi connectivity index (χ0v) is 18.8. The summed E-state index contributed by atoms with van der Waals surface area (Å²) >= 11 is 1.53. The van der Waals surface area contributed by atoms with Crippen LogP contribution >= 0.6 is 11.3 Å². The molecule has 0 amide bonds. The van der Waals surface area contributed by atoms with Crippen molar-refractivity contribution < 1.29 is 4.79 Å². The maximum Gasteiger partial charge on any atom is 0.170 e. The molecule has 1 saturated heterocycles. The molecule has 0 saturated carbocycles.